The van der Waals surface area contributed by atoms with Gasteiger partial charge in [0, 0.05) is 0 Å². The van der Waals surface area contributed by atoms with Gasteiger partial charge in [-0.15, -0.1) is 0 Å². The van der Waals surface area contributed by atoms with Gasteiger partial charge in [-0.1, -0.05) is 50.5 Å². The zero-order valence-corrected chi connectivity index (χ0v) is 18.1. The minimum atomic E-state index is 0.178. The molecule has 0 nitrogen and oxygen atoms in total. The zero-order chi connectivity index (χ0) is 19.5. The Morgan fingerprint density at radius 3 is 2.68 bits per heavy atom. The van der Waals surface area contributed by atoms with Crippen LogP contribution in [0.2, 0.25) is 0 Å². The Labute approximate surface area is 172 Å². The highest BCUT2D eigenvalue weighted by atomic mass is 19.1. The monoisotopic (exact) mass is 382 g/mol. The highest BCUT2D eigenvalue weighted by molar-refractivity contribution is 5.38. The molecule has 1 aromatic carbocycles. The summed E-state index contributed by atoms with van der Waals surface area (Å²) in [4.78, 5) is 0. The molecule has 154 valence electrons. The van der Waals surface area contributed by atoms with Gasteiger partial charge in [-0.3, -0.25) is 0 Å². The molecule has 5 atom stereocenters. The average Bonchev–Trinajstić information content (AvgIpc) is 2.72. The molecule has 0 aromatic heterocycles. The fourth-order valence-electron chi connectivity index (χ4n) is 6.61. The van der Waals surface area contributed by atoms with Gasteiger partial charge in [0.1, 0.15) is 5.82 Å². The van der Waals surface area contributed by atoms with Crippen LogP contribution in [0.15, 0.2) is 24.3 Å². The molecule has 4 rings (SSSR count). The predicted molar refractivity (Wildman–Crippen MR) is 117 cm³/mol. The van der Waals surface area contributed by atoms with Crippen molar-refractivity contribution in [3.05, 3.63) is 46.8 Å². The van der Waals surface area contributed by atoms with E-state index in [4.69, 9.17) is 0 Å². The van der Waals surface area contributed by atoms with Gasteiger partial charge in [0.15, 0.2) is 0 Å². The standard InChI is InChI=1S/C27H39F/c1-3-5-7-20-9-14-25-23(17-20)13-15-26(27(25)28)24-12-11-21-16-19(6-4-2)8-10-22(21)18-24/h4,6,13,15,19-22,24H,3,5,7-12,14,16-18H2,1-2H3/b6-4+. The van der Waals surface area contributed by atoms with Crippen molar-refractivity contribution in [1.29, 1.82) is 0 Å². The lowest BCUT2D eigenvalue weighted by atomic mass is 9.63. The van der Waals surface area contributed by atoms with E-state index >= 15 is 4.39 Å². The van der Waals surface area contributed by atoms with Gasteiger partial charge in [-0.25, -0.2) is 4.39 Å². The number of rotatable bonds is 5. The van der Waals surface area contributed by atoms with E-state index < -0.39 is 0 Å². The van der Waals surface area contributed by atoms with E-state index in [1.165, 1.54) is 69.8 Å². The fourth-order valence-corrected chi connectivity index (χ4v) is 6.61. The summed E-state index contributed by atoms with van der Waals surface area (Å²) in [5.41, 5.74) is 3.44. The Bertz CT molecular complexity index is 688. The SMILES string of the molecule is C/C=C/C1CCC2CC(c3ccc4c(c3F)CCC(CCCC)C4)CCC2C1. The van der Waals surface area contributed by atoms with Gasteiger partial charge in [0.25, 0.3) is 0 Å². The number of halogens is 1. The topological polar surface area (TPSA) is 0 Å². The molecule has 0 radical (unpaired) electrons. The fraction of sp³-hybridized carbons (Fsp3) is 0.704. The van der Waals surface area contributed by atoms with Crippen LogP contribution in [0.3, 0.4) is 0 Å². The van der Waals surface area contributed by atoms with E-state index in [1.54, 1.807) is 0 Å². The molecule has 3 aliphatic rings. The summed E-state index contributed by atoms with van der Waals surface area (Å²) in [7, 11) is 0. The first-order chi connectivity index (χ1) is 13.7. The Hall–Kier alpha value is -1.11. The third kappa shape index (κ3) is 4.24. The first-order valence-corrected chi connectivity index (χ1v) is 12.1. The Balaban J connectivity index is 1.43. The maximum absolute atomic E-state index is 15.5. The van der Waals surface area contributed by atoms with Crippen LogP contribution in [-0.2, 0) is 12.8 Å². The van der Waals surface area contributed by atoms with Crippen LogP contribution in [0, 0.1) is 29.5 Å². The van der Waals surface area contributed by atoms with Crippen molar-refractivity contribution in [3.8, 4) is 0 Å². The second kappa shape index (κ2) is 9.14. The molecular formula is C27H39F. The van der Waals surface area contributed by atoms with E-state index in [9.17, 15) is 0 Å². The van der Waals surface area contributed by atoms with Gasteiger partial charge < -0.3 is 0 Å². The molecule has 0 bridgehead atoms. The van der Waals surface area contributed by atoms with Crippen molar-refractivity contribution in [2.24, 2.45) is 23.7 Å². The molecule has 3 aliphatic carbocycles. The average molecular weight is 383 g/mol. The summed E-state index contributed by atoms with van der Waals surface area (Å²) in [5.74, 6) is 3.92. The first kappa shape index (κ1) is 20.2. The number of hydrogen-bond donors (Lipinski definition) is 0. The van der Waals surface area contributed by atoms with Gasteiger partial charge >= 0.3 is 0 Å². The summed E-state index contributed by atoms with van der Waals surface area (Å²) < 4.78 is 15.5. The van der Waals surface area contributed by atoms with E-state index in [2.05, 4.69) is 38.1 Å². The molecule has 5 unspecified atom stereocenters. The highest BCUT2D eigenvalue weighted by Crippen LogP contribution is 2.48. The molecule has 2 saturated carbocycles. The summed E-state index contributed by atoms with van der Waals surface area (Å²) in [5, 5.41) is 0. The number of fused-ring (bicyclic) bond motifs is 2. The smallest absolute Gasteiger partial charge is 0.130 e. The molecule has 0 saturated heterocycles. The van der Waals surface area contributed by atoms with E-state index in [0.717, 1.165) is 47.6 Å². The van der Waals surface area contributed by atoms with Crippen LogP contribution >= 0.6 is 0 Å². The lowest BCUT2D eigenvalue weighted by Gasteiger charge is -2.42. The minimum absolute atomic E-state index is 0.178. The molecule has 1 aromatic rings. The molecule has 0 N–H and O–H groups in total. The molecule has 0 heterocycles. The van der Waals surface area contributed by atoms with Crippen LogP contribution in [0.5, 0.6) is 0 Å². The zero-order valence-electron chi connectivity index (χ0n) is 18.1. The largest absolute Gasteiger partial charge is 0.206 e. The van der Waals surface area contributed by atoms with Gasteiger partial charge in [0.05, 0.1) is 0 Å². The van der Waals surface area contributed by atoms with Crippen molar-refractivity contribution in [2.75, 3.05) is 0 Å². The van der Waals surface area contributed by atoms with Crippen LogP contribution in [0.1, 0.15) is 101 Å². The second-order valence-electron chi connectivity index (χ2n) is 9.99. The maximum Gasteiger partial charge on any atom is 0.130 e. The van der Waals surface area contributed by atoms with Crippen LogP contribution in [0.25, 0.3) is 0 Å². The number of allylic oxidation sites excluding steroid dienone is 2. The van der Waals surface area contributed by atoms with Gasteiger partial charge in [-0.2, -0.15) is 0 Å². The lowest BCUT2D eigenvalue weighted by Crippen LogP contribution is -2.30. The Morgan fingerprint density at radius 1 is 1.04 bits per heavy atom. The van der Waals surface area contributed by atoms with Crippen LogP contribution in [0.4, 0.5) is 4.39 Å². The van der Waals surface area contributed by atoms with E-state index in [1.807, 2.05) is 0 Å². The van der Waals surface area contributed by atoms with Crippen LogP contribution < -0.4 is 0 Å². The lowest BCUT2D eigenvalue weighted by molar-refractivity contribution is 0.132. The number of hydrogen-bond acceptors (Lipinski definition) is 0. The Morgan fingerprint density at radius 2 is 1.86 bits per heavy atom. The highest BCUT2D eigenvalue weighted by Gasteiger charge is 2.36. The summed E-state index contributed by atoms with van der Waals surface area (Å²) in [6.45, 7) is 4.41. The Kier molecular flexibility index (Phi) is 6.59. The van der Waals surface area contributed by atoms with Crippen molar-refractivity contribution in [2.45, 2.75) is 96.8 Å². The quantitative estimate of drug-likeness (QED) is 0.453. The molecule has 0 amide bonds. The molecule has 0 spiro atoms. The minimum Gasteiger partial charge on any atom is -0.206 e. The third-order valence-corrected chi connectivity index (χ3v) is 8.21. The van der Waals surface area contributed by atoms with E-state index in [-0.39, 0.29) is 5.82 Å². The molecule has 2 fully saturated rings. The third-order valence-electron chi connectivity index (χ3n) is 8.21. The predicted octanol–water partition coefficient (Wildman–Crippen LogP) is 8.00. The molecular weight excluding hydrogens is 343 g/mol. The maximum atomic E-state index is 15.5. The number of unbranched alkanes of at least 4 members (excludes halogenated alkanes) is 1. The number of benzene rings is 1. The van der Waals surface area contributed by atoms with Gasteiger partial charge in [0.2, 0.25) is 0 Å². The molecule has 1 heteroatoms. The van der Waals surface area contributed by atoms with Gasteiger partial charge in [-0.05, 0) is 111 Å². The second-order valence-corrected chi connectivity index (χ2v) is 9.99. The van der Waals surface area contributed by atoms with Crippen molar-refractivity contribution in [3.63, 3.8) is 0 Å². The summed E-state index contributed by atoms with van der Waals surface area (Å²) >= 11 is 0. The normalized spacial score (nSPS) is 32.9. The van der Waals surface area contributed by atoms with Crippen LogP contribution in [-0.4, -0.2) is 0 Å². The van der Waals surface area contributed by atoms with E-state index in [0.29, 0.717) is 5.92 Å². The van der Waals surface area contributed by atoms with Crippen molar-refractivity contribution in [1.82, 2.24) is 0 Å². The van der Waals surface area contributed by atoms with Crippen molar-refractivity contribution >= 4 is 0 Å². The van der Waals surface area contributed by atoms with Crippen molar-refractivity contribution < 1.29 is 4.39 Å². The summed E-state index contributed by atoms with van der Waals surface area (Å²) in [6.07, 6.45) is 19.6. The first-order valence-electron chi connectivity index (χ1n) is 12.1. The molecule has 28 heavy (non-hydrogen) atoms. The summed E-state index contributed by atoms with van der Waals surface area (Å²) in [6, 6.07) is 4.47. The molecule has 0 aliphatic heterocycles.